The Balaban J connectivity index is 0.000000279. The first-order valence-electron chi connectivity index (χ1n) is 8.66. The zero-order valence-electron chi connectivity index (χ0n) is 14.9. The summed E-state index contributed by atoms with van der Waals surface area (Å²) < 4.78 is 0. The molecule has 1 saturated heterocycles. The molecule has 0 aliphatic carbocycles. The molecule has 0 atom stereocenters. The summed E-state index contributed by atoms with van der Waals surface area (Å²) in [5, 5.41) is 19.1. The lowest BCUT2D eigenvalue weighted by molar-refractivity contribution is -0.134. The minimum atomic E-state index is -1.26. The van der Waals surface area contributed by atoms with E-state index in [1.54, 1.807) is 0 Å². The van der Waals surface area contributed by atoms with E-state index >= 15 is 0 Å². The summed E-state index contributed by atoms with van der Waals surface area (Å²) in [6.45, 7) is 4.32. The van der Waals surface area contributed by atoms with Gasteiger partial charge < -0.3 is 20.4 Å². The number of benzene rings is 1. The molecule has 142 valence electrons. The summed E-state index contributed by atoms with van der Waals surface area (Å²) in [6, 6.07) is 12.7. The van der Waals surface area contributed by atoms with Gasteiger partial charge in [0.05, 0.1) is 11.9 Å². The van der Waals surface area contributed by atoms with E-state index in [-0.39, 0.29) is 0 Å². The molecule has 2 heterocycles. The average molecular weight is 369 g/mol. The molecule has 1 aromatic carbocycles. The van der Waals surface area contributed by atoms with Gasteiger partial charge in [0.15, 0.2) is 0 Å². The lowest BCUT2D eigenvalue weighted by Crippen LogP contribution is -2.27. The maximum Gasteiger partial charge on any atom is 0.328 e. The van der Waals surface area contributed by atoms with Gasteiger partial charge in [-0.05, 0) is 24.6 Å². The predicted octanol–water partition coefficient (Wildman–Crippen LogP) is 2.26. The van der Waals surface area contributed by atoms with Crippen molar-refractivity contribution in [3.63, 3.8) is 0 Å². The van der Waals surface area contributed by atoms with Gasteiger partial charge in [-0.3, -0.25) is 4.98 Å². The highest BCUT2D eigenvalue weighted by atomic mass is 16.4. The smallest absolute Gasteiger partial charge is 0.328 e. The fourth-order valence-electron chi connectivity index (χ4n) is 2.64. The largest absolute Gasteiger partial charge is 0.478 e. The molecule has 2 aromatic rings. The van der Waals surface area contributed by atoms with E-state index in [1.165, 1.54) is 23.2 Å². The Morgan fingerprint density at radius 2 is 1.67 bits per heavy atom. The SMILES string of the molecule is O=C(O)/C=C/C(=O)O.c1ccc(-c2cncc(N3CCCNCC3)c2)cc1. The van der Waals surface area contributed by atoms with Crippen LogP contribution in [-0.4, -0.2) is 53.3 Å². The van der Waals surface area contributed by atoms with Gasteiger partial charge >= 0.3 is 11.9 Å². The Hall–Kier alpha value is -3.19. The van der Waals surface area contributed by atoms with Crippen molar-refractivity contribution in [2.75, 3.05) is 31.1 Å². The number of rotatable bonds is 4. The van der Waals surface area contributed by atoms with Gasteiger partial charge in [-0.1, -0.05) is 30.3 Å². The number of hydrogen-bond donors (Lipinski definition) is 3. The van der Waals surface area contributed by atoms with Gasteiger partial charge in [0, 0.05) is 43.5 Å². The number of nitrogens with zero attached hydrogens (tertiary/aromatic N) is 2. The van der Waals surface area contributed by atoms with Crippen molar-refractivity contribution >= 4 is 17.6 Å². The maximum atomic E-state index is 9.55. The topological polar surface area (TPSA) is 103 Å². The summed E-state index contributed by atoms with van der Waals surface area (Å²) in [6.07, 6.45) is 6.22. The van der Waals surface area contributed by atoms with E-state index in [1.807, 2.05) is 18.5 Å². The van der Waals surface area contributed by atoms with Crippen molar-refractivity contribution in [2.24, 2.45) is 0 Å². The third kappa shape index (κ3) is 7.29. The van der Waals surface area contributed by atoms with Crippen LogP contribution in [0, 0.1) is 0 Å². The molecule has 1 aliphatic heterocycles. The fraction of sp³-hybridized carbons (Fsp3) is 0.250. The molecule has 3 N–H and O–H groups in total. The second-order valence-corrected chi connectivity index (χ2v) is 5.90. The van der Waals surface area contributed by atoms with Crippen LogP contribution >= 0.6 is 0 Å². The number of carboxylic acid groups (broad SMARTS) is 2. The molecule has 7 heteroatoms. The van der Waals surface area contributed by atoms with Crippen LogP contribution in [0.15, 0.2) is 60.9 Å². The Kier molecular flexibility index (Phi) is 7.99. The molecule has 0 radical (unpaired) electrons. The number of nitrogens with one attached hydrogen (secondary N) is 1. The van der Waals surface area contributed by atoms with Crippen LogP contribution < -0.4 is 10.2 Å². The molecule has 0 bridgehead atoms. The molecule has 3 rings (SSSR count). The monoisotopic (exact) mass is 369 g/mol. The number of anilines is 1. The summed E-state index contributed by atoms with van der Waals surface area (Å²) in [4.78, 5) is 25.9. The zero-order chi connectivity index (χ0) is 19.5. The van der Waals surface area contributed by atoms with Gasteiger partial charge in [-0.2, -0.15) is 0 Å². The molecule has 0 unspecified atom stereocenters. The number of hydrogen-bond acceptors (Lipinski definition) is 5. The third-order valence-electron chi connectivity index (χ3n) is 3.90. The normalized spacial score (nSPS) is 14.1. The molecule has 0 saturated carbocycles. The van der Waals surface area contributed by atoms with Crippen molar-refractivity contribution < 1.29 is 19.8 Å². The highest BCUT2D eigenvalue weighted by Crippen LogP contribution is 2.23. The maximum absolute atomic E-state index is 9.55. The first-order valence-corrected chi connectivity index (χ1v) is 8.66. The van der Waals surface area contributed by atoms with Crippen LogP contribution in [0.1, 0.15) is 6.42 Å². The first kappa shape index (κ1) is 20.1. The lowest BCUT2D eigenvalue weighted by Gasteiger charge is -2.22. The lowest BCUT2D eigenvalue weighted by atomic mass is 10.1. The second-order valence-electron chi connectivity index (χ2n) is 5.90. The van der Waals surface area contributed by atoms with E-state index in [0.29, 0.717) is 12.2 Å². The van der Waals surface area contributed by atoms with E-state index in [0.717, 1.165) is 26.2 Å². The van der Waals surface area contributed by atoms with Gasteiger partial charge in [0.1, 0.15) is 0 Å². The fourth-order valence-corrected chi connectivity index (χ4v) is 2.64. The summed E-state index contributed by atoms with van der Waals surface area (Å²) in [5.41, 5.74) is 3.64. The highest BCUT2D eigenvalue weighted by molar-refractivity contribution is 5.89. The number of aromatic nitrogens is 1. The highest BCUT2D eigenvalue weighted by Gasteiger charge is 2.10. The van der Waals surface area contributed by atoms with Crippen LogP contribution in [-0.2, 0) is 9.59 Å². The molecular weight excluding hydrogens is 346 g/mol. The summed E-state index contributed by atoms with van der Waals surface area (Å²) in [5.74, 6) is -2.51. The second kappa shape index (κ2) is 10.7. The van der Waals surface area contributed by atoms with Gasteiger partial charge in [0.25, 0.3) is 0 Å². The number of pyridine rings is 1. The summed E-state index contributed by atoms with van der Waals surface area (Å²) in [7, 11) is 0. The molecule has 1 fully saturated rings. The molecular formula is C20H23N3O4. The molecule has 1 aromatic heterocycles. The van der Waals surface area contributed by atoms with Crippen LogP contribution in [0.3, 0.4) is 0 Å². The first-order chi connectivity index (χ1) is 13.1. The molecule has 0 amide bonds. The zero-order valence-corrected chi connectivity index (χ0v) is 14.9. The van der Waals surface area contributed by atoms with E-state index < -0.39 is 11.9 Å². The van der Waals surface area contributed by atoms with Crippen LogP contribution in [0.2, 0.25) is 0 Å². The van der Waals surface area contributed by atoms with Crippen molar-refractivity contribution in [1.82, 2.24) is 10.3 Å². The third-order valence-corrected chi connectivity index (χ3v) is 3.90. The van der Waals surface area contributed by atoms with Crippen molar-refractivity contribution in [3.05, 3.63) is 60.9 Å². The van der Waals surface area contributed by atoms with Crippen LogP contribution in [0.5, 0.6) is 0 Å². The van der Waals surface area contributed by atoms with E-state index in [9.17, 15) is 9.59 Å². The molecule has 0 spiro atoms. The number of aliphatic carboxylic acids is 2. The minimum Gasteiger partial charge on any atom is -0.478 e. The Morgan fingerprint density at radius 3 is 2.33 bits per heavy atom. The predicted molar refractivity (Wildman–Crippen MR) is 104 cm³/mol. The Morgan fingerprint density at radius 1 is 0.963 bits per heavy atom. The standard InChI is InChI=1S/C16H19N3.C4H4O4/c1-2-5-14(6-3-1)15-11-16(13-18-12-15)19-9-4-7-17-8-10-19;5-3(6)1-2-4(7)8/h1-3,5-6,11-13,17H,4,7-10H2;1-2H,(H,5,6)(H,7,8)/b;2-1+. The number of carboxylic acids is 2. The summed E-state index contributed by atoms with van der Waals surface area (Å²) >= 11 is 0. The number of carbonyl (C=O) groups is 2. The van der Waals surface area contributed by atoms with E-state index in [2.05, 4.69) is 45.5 Å². The van der Waals surface area contributed by atoms with Gasteiger partial charge in [-0.25, -0.2) is 9.59 Å². The Labute approximate surface area is 158 Å². The minimum absolute atomic E-state index is 0.558. The molecule has 1 aliphatic rings. The van der Waals surface area contributed by atoms with Gasteiger partial charge in [-0.15, -0.1) is 0 Å². The van der Waals surface area contributed by atoms with Crippen LogP contribution in [0.4, 0.5) is 5.69 Å². The quantitative estimate of drug-likeness (QED) is 0.710. The van der Waals surface area contributed by atoms with Crippen molar-refractivity contribution in [2.45, 2.75) is 6.42 Å². The molecule has 27 heavy (non-hydrogen) atoms. The van der Waals surface area contributed by atoms with Gasteiger partial charge in [0.2, 0.25) is 0 Å². The Bertz CT molecular complexity index is 754. The van der Waals surface area contributed by atoms with Crippen molar-refractivity contribution in [3.8, 4) is 11.1 Å². The van der Waals surface area contributed by atoms with Crippen LogP contribution in [0.25, 0.3) is 11.1 Å². The molecule has 7 nitrogen and oxygen atoms in total. The average Bonchev–Trinajstić information content (AvgIpc) is 2.97. The van der Waals surface area contributed by atoms with E-state index in [4.69, 9.17) is 10.2 Å². The van der Waals surface area contributed by atoms with Crippen molar-refractivity contribution in [1.29, 1.82) is 0 Å².